The van der Waals surface area contributed by atoms with Crippen molar-refractivity contribution in [2.45, 2.75) is 13.0 Å². The summed E-state index contributed by atoms with van der Waals surface area (Å²) in [5.41, 5.74) is 3.39. The molecule has 2 nitrogen and oxygen atoms in total. The maximum Gasteiger partial charge on any atom is 0.178 e. The van der Waals surface area contributed by atoms with Crippen LogP contribution in [0.4, 0.5) is 0 Å². The van der Waals surface area contributed by atoms with Crippen molar-refractivity contribution in [1.29, 1.82) is 0 Å². The van der Waals surface area contributed by atoms with Crippen molar-refractivity contribution in [1.82, 2.24) is 9.55 Å². The normalized spacial score (nSPS) is 12.8. The van der Waals surface area contributed by atoms with E-state index in [-0.39, 0.29) is 6.04 Å². The number of benzene rings is 2. The van der Waals surface area contributed by atoms with E-state index in [4.69, 9.17) is 0 Å². The molecule has 0 fully saturated rings. The second-order valence-electron chi connectivity index (χ2n) is 4.16. The minimum absolute atomic E-state index is 0.253. The summed E-state index contributed by atoms with van der Waals surface area (Å²) in [7, 11) is 0. The number of para-hydroxylation sites is 2. The lowest BCUT2D eigenvalue weighted by molar-refractivity contribution is 0.653. The van der Waals surface area contributed by atoms with Crippen molar-refractivity contribution in [2.24, 2.45) is 0 Å². The molecule has 0 aliphatic carbocycles. The number of hydrogen-bond acceptors (Lipinski definition) is 1. The summed E-state index contributed by atoms with van der Waals surface area (Å²) in [5, 5.41) is 0. The van der Waals surface area contributed by atoms with E-state index in [9.17, 15) is 0 Å². The largest absolute Gasteiger partial charge is 0.314 e. The van der Waals surface area contributed by atoms with Crippen molar-refractivity contribution in [3.8, 4) is 0 Å². The van der Waals surface area contributed by atoms with Crippen molar-refractivity contribution in [3.63, 3.8) is 0 Å². The zero-order valence-electron chi connectivity index (χ0n) is 9.67. The zero-order chi connectivity index (χ0) is 11.7. The highest BCUT2D eigenvalue weighted by atomic mass is 15.1. The van der Waals surface area contributed by atoms with Gasteiger partial charge in [-0.05, 0) is 24.6 Å². The fraction of sp³-hybridized carbons (Fsp3) is 0.133. The van der Waals surface area contributed by atoms with Crippen LogP contribution < -0.4 is 0 Å². The van der Waals surface area contributed by atoms with Gasteiger partial charge in [-0.25, -0.2) is 4.98 Å². The Labute approximate surface area is 101 Å². The van der Waals surface area contributed by atoms with Gasteiger partial charge in [0, 0.05) is 0 Å². The van der Waals surface area contributed by atoms with E-state index in [1.54, 1.807) is 0 Å². The molecule has 83 valence electrons. The molecule has 0 saturated heterocycles. The number of hydrogen-bond donors (Lipinski definition) is 0. The zero-order valence-corrected chi connectivity index (χ0v) is 9.67. The highest BCUT2D eigenvalue weighted by Crippen LogP contribution is 2.22. The predicted octanol–water partition coefficient (Wildman–Crippen LogP) is 3.45. The summed E-state index contributed by atoms with van der Waals surface area (Å²) < 4.78 is 2.09. The molecule has 0 aliphatic rings. The van der Waals surface area contributed by atoms with Gasteiger partial charge in [0.1, 0.15) is 0 Å². The van der Waals surface area contributed by atoms with E-state index in [0.717, 1.165) is 11.0 Å². The summed E-state index contributed by atoms with van der Waals surface area (Å²) >= 11 is 0. The Hall–Kier alpha value is -2.09. The molecule has 17 heavy (non-hydrogen) atoms. The fourth-order valence-corrected chi connectivity index (χ4v) is 2.10. The van der Waals surface area contributed by atoms with Crippen LogP contribution in [0.1, 0.15) is 18.5 Å². The van der Waals surface area contributed by atoms with Gasteiger partial charge < -0.3 is 4.57 Å². The van der Waals surface area contributed by atoms with E-state index in [1.807, 2.05) is 24.3 Å². The number of imidazole rings is 1. The van der Waals surface area contributed by atoms with Crippen LogP contribution >= 0.6 is 0 Å². The minimum atomic E-state index is 0.253. The molecule has 2 aromatic carbocycles. The summed E-state index contributed by atoms with van der Waals surface area (Å²) in [6, 6.07) is 18.8. The first kappa shape index (κ1) is 10.1. The molecule has 0 unspecified atom stereocenters. The molecule has 1 atom stereocenters. The van der Waals surface area contributed by atoms with Gasteiger partial charge in [-0.3, -0.25) is 0 Å². The number of aromatic nitrogens is 2. The summed E-state index contributed by atoms with van der Waals surface area (Å²) in [6.45, 7) is 2.17. The maximum atomic E-state index is 4.30. The monoisotopic (exact) mass is 221 g/mol. The fourth-order valence-electron chi connectivity index (χ4n) is 2.10. The highest BCUT2D eigenvalue weighted by molar-refractivity contribution is 5.75. The molecule has 0 bridgehead atoms. The third-order valence-electron chi connectivity index (χ3n) is 3.09. The van der Waals surface area contributed by atoms with Crippen LogP contribution in [0.2, 0.25) is 0 Å². The van der Waals surface area contributed by atoms with Gasteiger partial charge in [-0.1, -0.05) is 42.5 Å². The molecular formula is C15H13N2. The molecule has 3 aromatic rings. The second-order valence-corrected chi connectivity index (χ2v) is 4.16. The molecule has 0 spiro atoms. The van der Waals surface area contributed by atoms with Crippen molar-refractivity contribution >= 4 is 11.0 Å². The Morgan fingerprint density at radius 2 is 1.71 bits per heavy atom. The van der Waals surface area contributed by atoms with Crippen LogP contribution in [0.5, 0.6) is 0 Å². The number of nitrogens with zero attached hydrogens (tertiary/aromatic N) is 2. The van der Waals surface area contributed by atoms with E-state index >= 15 is 0 Å². The number of rotatable bonds is 2. The van der Waals surface area contributed by atoms with Crippen molar-refractivity contribution < 1.29 is 0 Å². The van der Waals surface area contributed by atoms with Crippen LogP contribution in [0.25, 0.3) is 11.0 Å². The summed E-state index contributed by atoms with van der Waals surface area (Å²) in [4.78, 5) is 4.30. The Morgan fingerprint density at radius 1 is 1.00 bits per heavy atom. The first-order chi connectivity index (χ1) is 8.36. The minimum Gasteiger partial charge on any atom is -0.314 e. The second kappa shape index (κ2) is 4.06. The molecule has 0 amide bonds. The van der Waals surface area contributed by atoms with Crippen LogP contribution in [-0.2, 0) is 0 Å². The van der Waals surface area contributed by atoms with Crippen LogP contribution in [0.15, 0.2) is 54.6 Å². The topological polar surface area (TPSA) is 17.8 Å². The van der Waals surface area contributed by atoms with Gasteiger partial charge in [-0.15, -0.1) is 0 Å². The maximum absolute atomic E-state index is 4.30. The van der Waals surface area contributed by atoms with Crippen molar-refractivity contribution in [3.05, 3.63) is 66.5 Å². The van der Waals surface area contributed by atoms with E-state index in [2.05, 4.69) is 53.1 Å². The Balaban J connectivity index is 2.10. The first-order valence-electron chi connectivity index (χ1n) is 5.76. The van der Waals surface area contributed by atoms with Gasteiger partial charge in [0.25, 0.3) is 0 Å². The predicted molar refractivity (Wildman–Crippen MR) is 68.8 cm³/mol. The quantitative estimate of drug-likeness (QED) is 0.648. The third kappa shape index (κ3) is 1.72. The highest BCUT2D eigenvalue weighted by Gasteiger charge is 2.10. The van der Waals surface area contributed by atoms with Crippen molar-refractivity contribution in [2.75, 3.05) is 0 Å². The van der Waals surface area contributed by atoms with Gasteiger partial charge >= 0.3 is 0 Å². The first-order valence-corrected chi connectivity index (χ1v) is 5.76. The third-order valence-corrected chi connectivity index (χ3v) is 3.09. The van der Waals surface area contributed by atoms with Gasteiger partial charge in [0.2, 0.25) is 0 Å². The van der Waals surface area contributed by atoms with Gasteiger partial charge in [0.15, 0.2) is 6.33 Å². The Kier molecular flexibility index (Phi) is 2.41. The van der Waals surface area contributed by atoms with Crippen LogP contribution in [0.3, 0.4) is 0 Å². The average molecular weight is 221 g/mol. The molecule has 1 heterocycles. The SMILES string of the molecule is C[C@H](c1ccccc1)n1[c]nc2ccccc21. The smallest absolute Gasteiger partial charge is 0.178 e. The lowest BCUT2D eigenvalue weighted by atomic mass is 10.1. The number of fused-ring (bicyclic) bond motifs is 1. The summed E-state index contributed by atoms with van der Waals surface area (Å²) in [5.74, 6) is 0. The van der Waals surface area contributed by atoms with E-state index in [1.165, 1.54) is 5.56 Å². The molecule has 0 saturated carbocycles. The summed E-state index contributed by atoms with van der Waals surface area (Å²) in [6.07, 6.45) is 3.08. The van der Waals surface area contributed by atoms with E-state index in [0.29, 0.717) is 0 Å². The molecule has 3 rings (SSSR count). The lowest BCUT2D eigenvalue weighted by Gasteiger charge is -2.14. The molecule has 0 aliphatic heterocycles. The van der Waals surface area contributed by atoms with Crippen LogP contribution in [0, 0.1) is 6.33 Å². The van der Waals surface area contributed by atoms with Gasteiger partial charge in [0.05, 0.1) is 17.1 Å². The van der Waals surface area contributed by atoms with E-state index < -0.39 is 0 Å². The van der Waals surface area contributed by atoms with Crippen LogP contribution in [-0.4, -0.2) is 9.55 Å². The Morgan fingerprint density at radius 3 is 2.53 bits per heavy atom. The molecule has 1 aromatic heterocycles. The Bertz CT molecular complexity index is 625. The van der Waals surface area contributed by atoms with Gasteiger partial charge in [-0.2, -0.15) is 0 Å². The molecular weight excluding hydrogens is 208 g/mol. The average Bonchev–Trinajstić information content (AvgIpc) is 2.83. The molecule has 0 N–H and O–H groups in total. The lowest BCUT2D eigenvalue weighted by Crippen LogP contribution is -2.05. The molecule has 1 radical (unpaired) electrons. The standard InChI is InChI=1S/C15H13N2/c1-12(13-7-3-2-4-8-13)17-11-16-14-9-5-6-10-15(14)17/h2-10,12H,1H3/t12-/m1/s1. The molecule has 2 heteroatoms.